The van der Waals surface area contributed by atoms with E-state index < -0.39 is 5.91 Å². The van der Waals surface area contributed by atoms with Crippen LogP contribution in [0, 0.1) is 5.92 Å². The Kier molecular flexibility index (Phi) is 6.67. The van der Waals surface area contributed by atoms with Gasteiger partial charge in [-0.3, -0.25) is 4.79 Å². The number of rotatable bonds is 4. The van der Waals surface area contributed by atoms with Crippen LogP contribution in [0.5, 0.6) is 11.5 Å². The van der Waals surface area contributed by atoms with E-state index in [2.05, 4.69) is 13.8 Å². The molecule has 0 aromatic heterocycles. The third kappa shape index (κ3) is 4.01. The first-order chi connectivity index (χ1) is 12.5. The number of carbonyl (C=O) groups excluding carboxylic acids is 1. The van der Waals surface area contributed by atoms with Crippen molar-refractivity contribution in [3.8, 4) is 11.5 Å². The summed E-state index contributed by atoms with van der Waals surface area (Å²) in [6, 6.07) is 12.6. The number of amides is 1. The minimum Gasteiger partial charge on any atom is -0.508 e. The average Bonchev–Trinajstić information content (AvgIpc) is 2.66. The van der Waals surface area contributed by atoms with Gasteiger partial charge in [-0.15, -0.1) is 0 Å². The van der Waals surface area contributed by atoms with Crippen LogP contribution in [0.4, 0.5) is 0 Å². The van der Waals surface area contributed by atoms with Crippen LogP contribution >= 0.6 is 0 Å². The zero-order chi connectivity index (χ0) is 19.3. The van der Waals surface area contributed by atoms with Crippen LogP contribution in [0.1, 0.15) is 74.0 Å². The van der Waals surface area contributed by atoms with Gasteiger partial charge in [-0.25, -0.2) is 0 Å². The predicted molar refractivity (Wildman–Crippen MR) is 105 cm³/mol. The highest BCUT2D eigenvalue weighted by Crippen LogP contribution is 2.48. The molecule has 26 heavy (non-hydrogen) atoms. The van der Waals surface area contributed by atoms with E-state index in [0.717, 1.165) is 29.7 Å². The van der Waals surface area contributed by atoms with Crippen LogP contribution in [0.15, 0.2) is 42.5 Å². The van der Waals surface area contributed by atoms with Crippen molar-refractivity contribution >= 4 is 5.91 Å². The van der Waals surface area contributed by atoms with Crippen molar-refractivity contribution in [3.05, 3.63) is 59.2 Å². The fourth-order valence-electron chi connectivity index (χ4n) is 3.60. The van der Waals surface area contributed by atoms with E-state index in [9.17, 15) is 9.90 Å². The lowest BCUT2D eigenvalue weighted by molar-refractivity contribution is 0.0973. The number of phenols is 1. The molecule has 0 bridgehead atoms. The summed E-state index contributed by atoms with van der Waals surface area (Å²) in [6.45, 7) is 8.34. The van der Waals surface area contributed by atoms with Crippen LogP contribution in [0.2, 0.25) is 0 Å². The number of carbonyl (C=O) groups is 1. The van der Waals surface area contributed by atoms with Gasteiger partial charge in [-0.2, -0.15) is 0 Å². The molecular formula is C22H29NO3. The summed E-state index contributed by atoms with van der Waals surface area (Å²) in [5.74, 6) is 1.21. The number of aromatic hydroxyl groups is 1. The molecule has 0 fully saturated rings. The van der Waals surface area contributed by atoms with E-state index in [4.69, 9.17) is 10.5 Å². The van der Waals surface area contributed by atoms with E-state index in [1.807, 2.05) is 38.1 Å². The molecule has 0 saturated heterocycles. The first kappa shape index (κ1) is 19.8. The minimum atomic E-state index is -0.415. The van der Waals surface area contributed by atoms with E-state index in [1.165, 1.54) is 0 Å². The van der Waals surface area contributed by atoms with Gasteiger partial charge in [0.05, 0.1) is 0 Å². The van der Waals surface area contributed by atoms with Crippen LogP contribution in [0.3, 0.4) is 0 Å². The molecule has 3 unspecified atom stereocenters. The minimum absolute atomic E-state index is 0.0749. The molecule has 0 spiro atoms. The SMILES string of the molecule is CC.CCCC1c2cc(C(N)=O)ccc2OC(c2ccc(O)cc2)C1C. The third-order valence-corrected chi connectivity index (χ3v) is 4.88. The lowest BCUT2D eigenvalue weighted by Gasteiger charge is -2.38. The molecule has 0 radical (unpaired) electrons. The average molecular weight is 355 g/mol. The molecule has 0 aliphatic carbocycles. The number of hydrogen-bond acceptors (Lipinski definition) is 3. The lowest BCUT2D eigenvalue weighted by Crippen LogP contribution is -2.28. The van der Waals surface area contributed by atoms with Gasteiger partial charge in [0.2, 0.25) is 5.91 Å². The molecule has 0 saturated carbocycles. The molecule has 4 heteroatoms. The zero-order valence-corrected chi connectivity index (χ0v) is 16.0. The van der Waals surface area contributed by atoms with Gasteiger partial charge < -0.3 is 15.6 Å². The smallest absolute Gasteiger partial charge is 0.248 e. The molecule has 1 aliphatic rings. The number of fused-ring (bicyclic) bond motifs is 1. The first-order valence-corrected chi connectivity index (χ1v) is 9.40. The summed E-state index contributed by atoms with van der Waals surface area (Å²) in [4.78, 5) is 11.5. The summed E-state index contributed by atoms with van der Waals surface area (Å²) in [5, 5.41) is 9.51. The zero-order valence-electron chi connectivity index (χ0n) is 16.0. The van der Waals surface area contributed by atoms with Gasteiger partial charge >= 0.3 is 0 Å². The van der Waals surface area contributed by atoms with Crippen molar-refractivity contribution in [1.29, 1.82) is 0 Å². The van der Waals surface area contributed by atoms with Gasteiger partial charge in [0.1, 0.15) is 17.6 Å². The normalized spacial score (nSPS) is 21.0. The number of primary amides is 1. The van der Waals surface area contributed by atoms with E-state index >= 15 is 0 Å². The van der Waals surface area contributed by atoms with E-state index in [-0.39, 0.29) is 17.8 Å². The van der Waals surface area contributed by atoms with Crippen molar-refractivity contribution < 1.29 is 14.6 Å². The Morgan fingerprint density at radius 1 is 1.15 bits per heavy atom. The van der Waals surface area contributed by atoms with Crippen molar-refractivity contribution in [3.63, 3.8) is 0 Å². The van der Waals surface area contributed by atoms with Crippen LogP contribution in [-0.2, 0) is 0 Å². The number of ether oxygens (including phenoxy) is 1. The maximum absolute atomic E-state index is 11.5. The van der Waals surface area contributed by atoms with Gasteiger partial charge in [-0.1, -0.05) is 46.2 Å². The Hall–Kier alpha value is -2.49. The second-order valence-corrected chi connectivity index (χ2v) is 6.50. The number of nitrogens with two attached hydrogens (primary N) is 1. The molecule has 2 aromatic rings. The Bertz CT molecular complexity index is 740. The molecule has 1 heterocycles. The molecule has 1 amide bonds. The van der Waals surface area contributed by atoms with Gasteiger partial charge in [-0.05, 0) is 53.8 Å². The topological polar surface area (TPSA) is 72.6 Å². The largest absolute Gasteiger partial charge is 0.508 e. The second kappa shape index (κ2) is 8.75. The van der Waals surface area contributed by atoms with Crippen LogP contribution < -0.4 is 10.5 Å². The Morgan fingerprint density at radius 2 is 1.81 bits per heavy atom. The number of phenolic OH excluding ortho intramolecular Hbond substituents is 1. The van der Waals surface area contributed by atoms with Crippen molar-refractivity contribution in [2.24, 2.45) is 11.7 Å². The molecule has 140 valence electrons. The first-order valence-electron chi connectivity index (χ1n) is 9.40. The standard InChI is InChI=1S/C20H23NO3.C2H6/c1-3-4-16-12(2)19(13-5-8-15(22)9-6-13)24-18-10-7-14(20(21)23)11-17(16)18;1-2/h5-12,16,19,22H,3-4H2,1-2H3,(H2,21,23);1-2H3. The molecule has 4 nitrogen and oxygen atoms in total. The maximum atomic E-state index is 11.5. The van der Waals surface area contributed by atoms with Crippen molar-refractivity contribution in [2.75, 3.05) is 0 Å². The molecule has 3 atom stereocenters. The highest BCUT2D eigenvalue weighted by Gasteiger charge is 2.36. The van der Waals surface area contributed by atoms with Crippen molar-refractivity contribution in [1.82, 2.24) is 0 Å². The number of benzene rings is 2. The van der Waals surface area contributed by atoms with Gasteiger partial charge in [0.25, 0.3) is 0 Å². The van der Waals surface area contributed by atoms with Crippen LogP contribution in [-0.4, -0.2) is 11.0 Å². The summed E-state index contributed by atoms with van der Waals surface area (Å²) < 4.78 is 6.25. The molecule has 3 rings (SSSR count). The fourth-order valence-corrected chi connectivity index (χ4v) is 3.60. The quantitative estimate of drug-likeness (QED) is 0.794. The molecule has 1 aliphatic heterocycles. The molecule has 3 N–H and O–H groups in total. The summed E-state index contributed by atoms with van der Waals surface area (Å²) in [6.07, 6.45) is 2.00. The molecule has 2 aromatic carbocycles. The summed E-state index contributed by atoms with van der Waals surface area (Å²) in [5.41, 5.74) is 8.06. The van der Waals surface area contributed by atoms with Crippen molar-refractivity contribution in [2.45, 2.75) is 52.6 Å². The highest BCUT2D eigenvalue weighted by atomic mass is 16.5. The van der Waals surface area contributed by atoms with E-state index in [1.54, 1.807) is 18.2 Å². The Labute approximate surface area is 156 Å². The maximum Gasteiger partial charge on any atom is 0.248 e. The molecular weight excluding hydrogens is 326 g/mol. The summed E-state index contributed by atoms with van der Waals surface area (Å²) in [7, 11) is 0. The summed E-state index contributed by atoms with van der Waals surface area (Å²) >= 11 is 0. The third-order valence-electron chi connectivity index (χ3n) is 4.88. The Morgan fingerprint density at radius 3 is 2.38 bits per heavy atom. The van der Waals surface area contributed by atoms with Crippen LogP contribution in [0.25, 0.3) is 0 Å². The number of hydrogen-bond donors (Lipinski definition) is 2. The van der Waals surface area contributed by atoms with Gasteiger partial charge in [0.15, 0.2) is 0 Å². The predicted octanol–water partition coefficient (Wildman–Crippen LogP) is 5.17. The highest BCUT2D eigenvalue weighted by molar-refractivity contribution is 5.93. The van der Waals surface area contributed by atoms with E-state index in [0.29, 0.717) is 11.5 Å². The second-order valence-electron chi connectivity index (χ2n) is 6.50. The lowest BCUT2D eigenvalue weighted by atomic mass is 9.76. The monoisotopic (exact) mass is 355 g/mol. The fraction of sp³-hybridized carbons (Fsp3) is 0.409. The van der Waals surface area contributed by atoms with Gasteiger partial charge in [0, 0.05) is 11.5 Å². The Balaban J connectivity index is 0.00000117.